The number of amides is 2. The van der Waals surface area contributed by atoms with Crippen molar-refractivity contribution in [1.29, 1.82) is 0 Å². The predicted octanol–water partition coefficient (Wildman–Crippen LogP) is 3.14. The third-order valence-corrected chi connectivity index (χ3v) is 4.45. The van der Waals surface area contributed by atoms with E-state index in [-0.39, 0.29) is 18.0 Å². The van der Waals surface area contributed by atoms with Gasteiger partial charge in [0.05, 0.1) is 0 Å². The zero-order chi connectivity index (χ0) is 19.6. The molecule has 1 aromatic carbocycles. The Kier molecular flexibility index (Phi) is 5.84. The molecular formula is C20H31N3O3. The molecule has 0 aliphatic carbocycles. The molecule has 1 unspecified atom stereocenters. The average molecular weight is 361 g/mol. The van der Waals surface area contributed by atoms with Gasteiger partial charge in [-0.2, -0.15) is 0 Å². The maximum absolute atomic E-state index is 12.4. The number of hydrogen-bond donors (Lipinski definition) is 0. The van der Waals surface area contributed by atoms with Crippen LogP contribution in [0.5, 0.6) is 0 Å². The molecule has 1 saturated heterocycles. The van der Waals surface area contributed by atoms with Crippen molar-refractivity contribution in [2.24, 2.45) is 0 Å². The van der Waals surface area contributed by atoms with E-state index in [1.54, 1.807) is 23.9 Å². The third kappa shape index (κ3) is 4.68. The Morgan fingerprint density at radius 1 is 1.19 bits per heavy atom. The number of benzene rings is 1. The molecule has 0 N–H and O–H groups in total. The van der Waals surface area contributed by atoms with E-state index in [2.05, 4.69) is 4.90 Å². The predicted molar refractivity (Wildman–Crippen MR) is 104 cm³/mol. The molecule has 1 aliphatic heterocycles. The van der Waals surface area contributed by atoms with Crippen LogP contribution in [0, 0.1) is 6.92 Å². The number of aryl methyl sites for hydroxylation is 1. The Hall–Kier alpha value is -2.24. The maximum atomic E-state index is 12.4. The summed E-state index contributed by atoms with van der Waals surface area (Å²) in [5.74, 6) is 0.00256. The van der Waals surface area contributed by atoms with Gasteiger partial charge in [0.25, 0.3) is 5.91 Å². The lowest BCUT2D eigenvalue weighted by Gasteiger charge is -2.41. The number of carbonyl (C=O) groups excluding carboxylic acids is 2. The minimum atomic E-state index is -0.487. The van der Waals surface area contributed by atoms with Gasteiger partial charge in [0, 0.05) is 51.0 Å². The Bertz CT molecular complexity index is 679. The first-order chi connectivity index (χ1) is 12.0. The quantitative estimate of drug-likeness (QED) is 0.812. The highest BCUT2D eigenvalue weighted by Gasteiger charge is 2.31. The fourth-order valence-corrected chi connectivity index (χ4v) is 3.17. The fourth-order valence-electron chi connectivity index (χ4n) is 3.17. The van der Waals surface area contributed by atoms with Gasteiger partial charge in [-0.25, -0.2) is 4.79 Å². The van der Waals surface area contributed by atoms with Gasteiger partial charge in [-0.3, -0.25) is 4.79 Å². The zero-order valence-electron chi connectivity index (χ0n) is 17.0. The molecule has 2 amide bonds. The number of piperazine rings is 1. The van der Waals surface area contributed by atoms with Gasteiger partial charge >= 0.3 is 6.09 Å². The molecule has 0 saturated carbocycles. The summed E-state index contributed by atoms with van der Waals surface area (Å²) in [4.78, 5) is 30.1. The summed E-state index contributed by atoms with van der Waals surface area (Å²) in [6.07, 6.45) is -0.256. The molecule has 0 bridgehead atoms. The van der Waals surface area contributed by atoms with E-state index in [0.717, 1.165) is 24.3 Å². The van der Waals surface area contributed by atoms with Crippen molar-refractivity contribution in [3.8, 4) is 0 Å². The number of anilines is 1. The Balaban J connectivity index is 2.09. The first kappa shape index (κ1) is 20.1. The number of hydrogen-bond acceptors (Lipinski definition) is 4. The molecule has 2 rings (SSSR count). The van der Waals surface area contributed by atoms with Crippen LogP contribution in [-0.4, -0.2) is 67.2 Å². The summed E-state index contributed by atoms with van der Waals surface area (Å²) in [5, 5.41) is 0. The van der Waals surface area contributed by atoms with Gasteiger partial charge in [-0.1, -0.05) is 0 Å². The topological polar surface area (TPSA) is 53.1 Å². The van der Waals surface area contributed by atoms with Crippen LogP contribution in [0.3, 0.4) is 0 Å². The minimum Gasteiger partial charge on any atom is -0.444 e. The van der Waals surface area contributed by atoms with Crippen LogP contribution in [0.4, 0.5) is 10.5 Å². The van der Waals surface area contributed by atoms with E-state index in [1.165, 1.54) is 0 Å². The van der Waals surface area contributed by atoms with E-state index >= 15 is 0 Å². The lowest BCUT2D eigenvalue weighted by atomic mass is 10.1. The van der Waals surface area contributed by atoms with Crippen molar-refractivity contribution in [2.75, 3.05) is 38.6 Å². The van der Waals surface area contributed by atoms with Crippen molar-refractivity contribution >= 4 is 17.7 Å². The van der Waals surface area contributed by atoms with Gasteiger partial charge in [0.1, 0.15) is 5.60 Å². The summed E-state index contributed by atoms with van der Waals surface area (Å²) in [7, 11) is 3.51. The zero-order valence-corrected chi connectivity index (χ0v) is 17.0. The van der Waals surface area contributed by atoms with E-state index < -0.39 is 5.60 Å². The SMILES string of the molecule is Cc1cc(C(=O)N(C)C)ccc1N1CCN(C(=O)OC(C)(C)C)C(C)C1. The summed E-state index contributed by atoms with van der Waals surface area (Å²) in [6, 6.07) is 5.86. The largest absolute Gasteiger partial charge is 0.444 e. The fraction of sp³-hybridized carbons (Fsp3) is 0.600. The molecule has 6 heteroatoms. The smallest absolute Gasteiger partial charge is 0.410 e. The van der Waals surface area contributed by atoms with Gasteiger partial charge in [0.15, 0.2) is 0 Å². The molecule has 1 heterocycles. The third-order valence-electron chi connectivity index (χ3n) is 4.45. The van der Waals surface area contributed by atoms with E-state index in [9.17, 15) is 9.59 Å². The molecule has 0 spiro atoms. The molecule has 26 heavy (non-hydrogen) atoms. The normalized spacial score (nSPS) is 17.9. The molecular weight excluding hydrogens is 330 g/mol. The van der Waals surface area contributed by atoms with Crippen molar-refractivity contribution in [1.82, 2.24) is 9.80 Å². The van der Waals surface area contributed by atoms with Crippen molar-refractivity contribution in [2.45, 2.75) is 46.3 Å². The van der Waals surface area contributed by atoms with Gasteiger partial charge in [-0.05, 0) is 58.4 Å². The minimum absolute atomic E-state index is 0.00256. The monoisotopic (exact) mass is 361 g/mol. The summed E-state index contributed by atoms with van der Waals surface area (Å²) in [5.41, 5.74) is 2.38. The Morgan fingerprint density at radius 3 is 2.35 bits per heavy atom. The highest BCUT2D eigenvalue weighted by Crippen LogP contribution is 2.25. The van der Waals surface area contributed by atoms with Crippen LogP contribution < -0.4 is 4.90 Å². The van der Waals surface area contributed by atoms with Crippen LogP contribution >= 0.6 is 0 Å². The molecule has 6 nitrogen and oxygen atoms in total. The second-order valence-corrected chi connectivity index (χ2v) is 8.17. The number of carbonyl (C=O) groups is 2. The number of nitrogens with zero attached hydrogens (tertiary/aromatic N) is 3. The Morgan fingerprint density at radius 2 is 1.85 bits per heavy atom. The van der Waals surface area contributed by atoms with Crippen molar-refractivity contribution < 1.29 is 14.3 Å². The lowest BCUT2D eigenvalue weighted by Crippen LogP contribution is -2.55. The summed E-state index contributed by atoms with van der Waals surface area (Å²) < 4.78 is 5.50. The van der Waals surface area contributed by atoms with E-state index in [0.29, 0.717) is 12.1 Å². The first-order valence-corrected chi connectivity index (χ1v) is 9.06. The second-order valence-electron chi connectivity index (χ2n) is 8.17. The van der Waals surface area contributed by atoms with Gasteiger partial charge in [-0.15, -0.1) is 0 Å². The summed E-state index contributed by atoms with van der Waals surface area (Å²) in [6.45, 7) is 11.8. The van der Waals surface area contributed by atoms with E-state index in [4.69, 9.17) is 4.74 Å². The summed E-state index contributed by atoms with van der Waals surface area (Å²) >= 11 is 0. The Labute approximate surface area is 156 Å². The van der Waals surface area contributed by atoms with Crippen LogP contribution in [-0.2, 0) is 4.74 Å². The van der Waals surface area contributed by atoms with Gasteiger partial charge in [0.2, 0.25) is 0 Å². The van der Waals surface area contributed by atoms with Crippen LogP contribution in [0.2, 0.25) is 0 Å². The van der Waals surface area contributed by atoms with Crippen molar-refractivity contribution in [3.05, 3.63) is 29.3 Å². The maximum Gasteiger partial charge on any atom is 0.410 e. The lowest BCUT2D eigenvalue weighted by molar-refractivity contribution is 0.0159. The molecule has 1 fully saturated rings. The second kappa shape index (κ2) is 7.56. The van der Waals surface area contributed by atoms with Crippen molar-refractivity contribution in [3.63, 3.8) is 0 Å². The highest BCUT2D eigenvalue weighted by molar-refractivity contribution is 5.94. The molecule has 0 radical (unpaired) electrons. The van der Waals surface area contributed by atoms with Crippen LogP contribution in [0.1, 0.15) is 43.6 Å². The highest BCUT2D eigenvalue weighted by atomic mass is 16.6. The average Bonchev–Trinajstić information content (AvgIpc) is 2.52. The standard InChI is InChI=1S/C20H31N3O3/c1-14-12-16(18(24)21(6)7)8-9-17(14)22-10-11-23(15(2)13-22)19(25)26-20(3,4)5/h8-9,12,15H,10-11,13H2,1-7H3. The molecule has 1 aliphatic rings. The number of rotatable bonds is 2. The number of ether oxygens (including phenoxy) is 1. The van der Waals surface area contributed by atoms with Crippen LogP contribution in [0.25, 0.3) is 0 Å². The molecule has 0 aromatic heterocycles. The first-order valence-electron chi connectivity index (χ1n) is 9.06. The van der Waals surface area contributed by atoms with E-state index in [1.807, 2.05) is 52.8 Å². The molecule has 144 valence electrons. The molecule has 1 aromatic rings. The van der Waals surface area contributed by atoms with Gasteiger partial charge < -0.3 is 19.4 Å². The van der Waals surface area contributed by atoms with Crippen LogP contribution in [0.15, 0.2) is 18.2 Å². The molecule has 1 atom stereocenters.